The molecule has 212 valence electrons. The number of aromatic amines is 2. The number of fused-ring (bicyclic) bond motifs is 4. The summed E-state index contributed by atoms with van der Waals surface area (Å²) >= 11 is 6.86. The summed E-state index contributed by atoms with van der Waals surface area (Å²) in [6.45, 7) is 6.62. The van der Waals surface area contributed by atoms with Crippen LogP contribution in [0.4, 0.5) is 4.39 Å². The Morgan fingerprint density at radius 1 is 0.976 bits per heavy atom. The van der Waals surface area contributed by atoms with Crippen molar-refractivity contribution < 1.29 is 14.3 Å². The van der Waals surface area contributed by atoms with Crippen LogP contribution in [0.1, 0.15) is 40.9 Å². The van der Waals surface area contributed by atoms with E-state index in [1.165, 1.54) is 25.1 Å². The Hall–Kier alpha value is -4.73. The largest absolute Gasteiger partial charge is 0.386 e. The molecule has 5 N–H and O–H groups in total. The molecule has 4 aromatic carbocycles. The van der Waals surface area contributed by atoms with Crippen molar-refractivity contribution in [3.63, 3.8) is 0 Å². The van der Waals surface area contributed by atoms with E-state index in [0.29, 0.717) is 44.4 Å². The van der Waals surface area contributed by atoms with E-state index >= 15 is 0 Å². The van der Waals surface area contributed by atoms with E-state index < -0.39 is 28.6 Å². The van der Waals surface area contributed by atoms with Crippen molar-refractivity contribution in [1.82, 2.24) is 14.5 Å². The Balaban J connectivity index is 1.68. The van der Waals surface area contributed by atoms with E-state index in [9.17, 15) is 23.9 Å². The number of nitrogens with two attached hydrogens (primary N) is 1. The van der Waals surface area contributed by atoms with Crippen LogP contribution < -0.4 is 17.0 Å². The highest BCUT2D eigenvalue weighted by molar-refractivity contribution is 6.37. The molecular formula is C32H26ClFN4O4. The van der Waals surface area contributed by atoms with E-state index in [1.54, 1.807) is 45.0 Å². The van der Waals surface area contributed by atoms with Gasteiger partial charge in [0.15, 0.2) is 0 Å². The lowest BCUT2D eigenvalue weighted by Gasteiger charge is -2.18. The Morgan fingerprint density at radius 2 is 1.69 bits per heavy atom. The summed E-state index contributed by atoms with van der Waals surface area (Å²) in [4.78, 5) is 45.2. The van der Waals surface area contributed by atoms with Crippen molar-refractivity contribution in [2.75, 3.05) is 0 Å². The number of nitrogens with zero attached hydrogens (tertiary/aromatic N) is 1. The zero-order valence-electron chi connectivity index (χ0n) is 23.1. The minimum absolute atomic E-state index is 0.145. The summed E-state index contributed by atoms with van der Waals surface area (Å²) < 4.78 is 15.2. The van der Waals surface area contributed by atoms with Gasteiger partial charge in [-0.05, 0) is 74.7 Å². The third-order valence-electron chi connectivity index (χ3n) is 7.88. The number of primary amides is 1. The number of aryl methyl sites for hydroxylation is 1. The maximum absolute atomic E-state index is 14.2. The highest BCUT2D eigenvalue weighted by Crippen LogP contribution is 2.43. The molecule has 0 radical (unpaired) electrons. The number of hydrogen-bond donors (Lipinski definition) is 4. The maximum Gasteiger partial charge on any atom is 0.333 e. The molecule has 8 nitrogen and oxygen atoms in total. The van der Waals surface area contributed by atoms with Crippen LogP contribution in [0.2, 0.25) is 5.02 Å². The lowest BCUT2D eigenvalue weighted by atomic mass is 9.92. The minimum atomic E-state index is -1.10. The van der Waals surface area contributed by atoms with Gasteiger partial charge in [-0.3, -0.25) is 9.59 Å². The molecule has 0 aliphatic rings. The molecule has 0 unspecified atom stereocenters. The molecule has 0 bridgehead atoms. The van der Waals surface area contributed by atoms with Gasteiger partial charge in [0.1, 0.15) is 5.82 Å². The second-order valence-corrected chi connectivity index (χ2v) is 11.4. The number of aliphatic hydroxyl groups is 1. The summed E-state index contributed by atoms with van der Waals surface area (Å²) in [5.41, 5.74) is 7.70. The van der Waals surface area contributed by atoms with Gasteiger partial charge in [-0.25, -0.2) is 13.8 Å². The quantitative estimate of drug-likeness (QED) is 0.211. The predicted octanol–water partition coefficient (Wildman–Crippen LogP) is 5.72. The highest BCUT2D eigenvalue weighted by atomic mass is 35.5. The summed E-state index contributed by atoms with van der Waals surface area (Å²) in [5.74, 6) is -1.20. The van der Waals surface area contributed by atoms with Crippen LogP contribution in [0.15, 0.2) is 64.2 Å². The molecule has 0 aliphatic heterocycles. The number of H-pyrrole nitrogens is 2. The Labute approximate surface area is 243 Å². The third-order valence-corrected chi connectivity index (χ3v) is 8.18. The molecular weight excluding hydrogens is 559 g/mol. The van der Waals surface area contributed by atoms with E-state index in [2.05, 4.69) is 9.97 Å². The van der Waals surface area contributed by atoms with Gasteiger partial charge in [-0.2, -0.15) is 0 Å². The van der Waals surface area contributed by atoms with Gasteiger partial charge in [0.05, 0.1) is 33.3 Å². The first-order valence-electron chi connectivity index (χ1n) is 13.1. The van der Waals surface area contributed by atoms with E-state index in [0.717, 1.165) is 9.95 Å². The van der Waals surface area contributed by atoms with Gasteiger partial charge < -0.3 is 20.8 Å². The first-order chi connectivity index (χ1) is 19.8. The number of carbonyl (C=O) groups excluding carboxylic acids is 1. The van der Waals surface area contributed by atoms with Crippen molar-refractivity contribution in [3.05, 3.63) is 109 Å². The fraction of sp³-hybridized carbons (Fsp3) is 0.156. The third kappa shape index (κ3) is 4.04. The van der Waals surface area contributed by atoms with E-state index in [4.69, 9.17) is 17.3 Å². The van der Waals surface area contributed by atoms with Crippen molar-refractivity contribution in [1.29, 1.82) is 0 Å². The number of hydrogen-bond acceptors (Lipinski definition) is 4. The molecule has 6 aromatic rings. The van der Waals surface area contributed by atoms with Crippen LogP contribution in [0.3, 0.4) is 0 Å². The SMILES string of the molecule is Cc1c(-c2c(Cl)cc(C(N)=O)c3[nH]c4cc(C(C)(C)O)ccc4c23)cccc1-n1c(=O)[nH]c2c(C)c(F)ccc2c1=O. The molecule has 42 heavy (non-hydrogen) atoms. The number of benzene rings is 4. The Bertz CT molecular complexity index is 2260. The fourth-order valence-electron chi connectivity index (χ4n) is 5.64. The molecule has 0 spiro atoms. The van der Waals surface area contributed by atoms with Crippen LogP contribution in [0.5, 0.6) is 0 Å². The first kappa shape index (κ1) is 27.4. The number of amides is 1. The van der Waals surface area contributed by atoms with Crippen LogP contribution in [-0.4, -0.2) is 25.5 Å². The van der Waals surface area contributed by atoms with Crippen LogP contribution in [0, 0.1) is 19.7 Å². The normalized spacial score (nSPS) is 12.1. The average Bonchev–Trinajstić information content (AvgIpc) is 3.30. The summed E-state index contributed by atoms with van der Waals surface area (Å²) in [6, 6.07) is 14.6. The van der Waals surface area contributed by atoms with Crippen molar-refractivity contribution >= 4 is 50.2 Å². The molecule has 0 saturated carbocycles. The number of aromatic nitrogens is 3. The number of rotatable bonds is 4. The van der Waals surface area contributed by atoms with Crippen molar-refractivity contribution in [2.45, 2.75) is 33.3 Å². The van der Waals surface area contributed by atoms with Gasteiger partial charge in [0, 0.05) is 32.4 Å². The lowest BCUT2D eigenvalue weighted by Crippen LogP contribution is -2.34. The predicted molar refractivity (Wildman–Crippen MR) is 163 cm³/mol. The molecule has 6 rings (SSSR count). The van der Waals surface area contributed by atoms with Gasteiger partial charge in [0.25, 0.3) is 11.5 Å². The zero-order chi connectivity index (χ0) is 30.2. The summed E-state index contributed by atoms with van der Waals surface area (Å²) in [6.07, 6.45) is 0. The summed E-state index contributed by atoms with van der Waals surface area (Å²) in [7, 11) is 0. The second kappa shape index (κ2) is 9.40. The van der Waals surface area contributed by atoms with Gasteiger partial charge in [-0.15, -0.1) is 0 Å². The van der Waals surface area contributed by atoms with Gasteiger partial charge >= 0.3 is 5.69 Å². The summed E-state index contributed by atoms with van der Waals surface area (Å²) in [5, 5.41) is 12.4. The Kier molecular flexibility index (Phi) is 6.14. The molecule has 10 heteroatoms. The monoisotopic (exact) mass is 584 g/mol. The lowest BCUT2D eigenvalue weighted by molar-refractivity contribution is 0.0787. The first-order valence-corrected chi connectivity index (χ1v) is 13.5. The molecule has 2 aromatic heterocycles. The van der Waals surface area contributed by atoms with Gasteiger partial charge in [0.2, 0.25) is 0 Å². The fourth-order valence-corrected chi connectivity index (χ4v) is 5.95. The van der Waals surface area contributed by atoms with Crippen molar-refractivity contribution in [3.8, 4) is 16.8 Å². The highest BCUT2D eigenvalue weighted by Gasteiger charge is 2.24. The van der Waals surface area contributed by atoms with Crippen LogP contribution >= 0.6 is 11.6 Å². The standard InChI is InChI=1S/C32H26ClFN4O4/c1-14-17(6-5-7-24(14)38-30(40)19-10-11-22(34)15(2)27(19)37-31(38)41)25-21(33)13-20(29(35)39)28-26(25)18-9-8-16(32(3,4)42)12-23(18)36-28/h5-13,36,42H,1-4H3,(H2,35,39)(H,37,41). The van der Waals surface area contributed by atoms with E-state index in [1.807, 2.05) is 12.1 Å². The van der Waals surface area contributed by atoms with Crippen LogP contribution in [-0.2, 0) is 5.60 Å². The molecule has 0 atom stereocenters. The minimum Gasteiger partial charge on any atom is -0.386 e. The molecule has 0 aliphatic carbocycles. The molecule has 0 fully saturated rings. The second-order valence-electron chi connectivity index (χ2n) is 11.0. The van der Waals surface area contributed by atoms with Crippen LogP contribution in [0.25, 0.3) is 49.5 Å². The number of halogens is 2. The average molecular weight is 585 g/mol. The smallest absolute Gasteiger partial charge is 0.333 e. The van der Waals surface area contributed by atoms with Gasteiger partial charge in [-0.1, -0.05) is 35.9 Å². The van der Waals surface area contributed by atoms with E-state index in [-0.39, 0.29) is 27.1 Å². The molecule has 1 amide bonds. The topological polar surface area (TPSA) is 134 Å². The Morgan fingerprint density at radius 3 is 2.38 bits per heavy atom. The number of nitrogens with one attached hydrogen (secondary N) is 2. The molecule has 2 heterocycles. The zero-order valence-corrected chi connectivity index (χ0v) is 23.9. The number of carbonyl (C=O) groups is 1. The molecule has 0 saturated heterocycles. The van der Waals surface area contributed by atoms with Crippen molar-refractivity contribution in [2.24, 2.45) is 5.73 Å². The maximum atomic E-state index is 14.2.